The minimum Gasteiger partial charge on any atom is -0.480 e. The largest absolute Gasteiger partial charge is 0.480 e. The molecule has 108 valence electrons. The average molecular weight is 290 g/mol. The molecule has 0 saturated carbocycles. The summed E-state index contributed by atoms with van der Waals surface area (Å²) >= 11 is 0. The van der Waals surface area contributed by atoms with E-state index >= 15 is 0 Å². The van der Waals surface area contributed by atoms with Crippen molar-refractivity contribution in [2.45, 2.75) is 18.9 Å². The van der Waals surface area contributed by atoms with Gasteiger partial charge in [0, 0.05) is 12.6 Å². The second-order valence-corrected chi connectivity index (χ2v) is 6.69. The summed E-state index contributed by atoms with van der Waals surface area (Å²) in [6.07, 6.45) is 2.51. The van der Waals surface area contributed by atoms with E-state index in [0.717, 1.165) is 4.90 Å². The summed E-state index contributed by atoms with van der Waals surface area (Å²) in [6.45, 7) is 3.10. The molecule has 1 aliphatic rings. The Bertz CT molecular complexity index is 460. The van der Waals surface area contributed by atoms with Gasteiger partial charge in [0.05, 0.1) is 11.5 Å². The Kier molecular flexibility index (Phi) is 5.34. The van der Waals surface area contributed by atoms with Gasteiger partial charge in [-0.1, -0.05) is 6.08 Å². The molecule has 1 aliphatic heterocycles. The summed E-state index contributed by atoms with van der Waals surface area (Å²) in [4.78, 5) is 23.6. The van der Waals surface area contributed by atoms with Crippen molar-refractivity contribution in [3.63, 3.8) is 0 Å². The van der Waals surface area contributed by atoms with Crippen LogP contribution in [-0.2, 0) is 14.6 Å². The number of carbonyl (C=O) groups is 2. The molecule has 2 amide bonds. The number of sulfone groups is 1. The normalized spacial score (nSPS) is 21.4. The van der Waals surface area contributed by atoms with Crippen molar-refractivity contribution in [3.05, 3.63) is 12.7 Å². The fraction of sp³-hybridized carbons (Fsp3) is 0.636. The van der Waals surface area contributed by atoms with Crippen LogP contribution in [0.4, 0.5) is 4.79 Å². The van der Waals surface area contributed by atoms with Crippen molar-refractivity contribution in [1.29, 1.82) is 0 Å². The van der Waals surface area contributed by atoms with E-state index in [-0.39, 0.29) is 18.1 Å². The third kappa shape index (κ3) is 5.29. The van der Waals surface area contributed by atoms with Gasteiger partial charge in [-0.15, -0.1) is 6.58 Å². The molecule has 0 radical (unpaired) electrons. The number of carbonyl (C=O) groups excluding carboxylic acids is 1. The van der Waals surface area contributed by atoms with Gasteiger partial charge in [-0.3, -0.25) is 4.79 Å². The van der Waals surface area contributed by atoms with Gasteiger partial charge in [-0.25, -0.2) is 13.2 Å². The fourth-order valence-electron chi connectivity index (χ4n) is 1.94. The van der Waals surface area contributed by atoms with Gasteiger partial charge in [0.15, 0.2) is 9.84 Å². The van der Waals surface area contributed by atoms with E-state index in [4.69, 9.17) is 5.11 Å². The minimum atomic E-state index is -3.11. The van der Waals surface area contributed by atoms with Gasteiger partial charge in [0.1, 0.15) is 6.54 Å². The molecule has 0 spiro atoms. The highest BCUT2D eigenvalue weighted by Gasteiger charge is 2.27. The van der Waals surface area contributed by atoms with Crippen LogP contribution in [-0.4, -0.2) is 61.1 Å². The lowest BCUT2D eigenvalue weighted by molar-refractivity contribution is -0.137. The standard InChI is InChI=1S/C11H18N2O5S/c1-2-5-13(7-10(14)15)11(16)12-9-4-3-6-19(17,18)8-9/h2,9H,1,3-8H2,(H,12,16)(H,14,15). The zero-order valence-corrected chi connectivity index (χ0v) is 11.4. The Hall–Kier alpha value is -1.57. The first-order valence-electron chi connectivity index (χ1n) is 5.92. The Balaban J connectivity index is 2.60. The van der Waals surface area contributed by atoms with Gasteiger partial charge in [-0.2, -0.15) is 0 Å². The van der Waals surface area contributed by atoms with E-state index in [1.807, 2.05) is 0 Å². The maximum atomic E-state index is 11.9. The first-order chi connectivity index (χ1) is 8.84. The van der Waals surface area contributed by atoms with E-state index in [1.165, 1.54) is 6.08 Å². The highest BCUT2D eigenvalue weighted by Crippen LogP contribution is 2.12. The maximum Gasteiger partial charge on any atom is 0.323 e. The molecule has 1 rings (SSSR count). The number of aliphatic carboxylic acids is 1. The van der Waals surface area contributed by atoms with E-state index in [0.29, 0.717) is 12.8 Å². The molecule has 19 heavy (non-hydrogen) atoms. The molecule has 1 heterocycles. The number of carboxylic acid groups (broad SMARTS) is 1. The van der Waals surface area contributed by atoms with Crippen molar-refractivity contribution >= 4 is 21.8 Å². The van der Waals surface area contributed by atoms with Gasteiger partial charge >= 0.3 is 12.0 Å². The molecule has 0 aromatic carbocycles. The zero-order chi connectivity index (χ0) is 14.5. The molecule has 1 unspecified atom stereocenters. The van der Waals surface area contributed by atoms with Crippen LogP contribution < -0.4 is 5.32 Å². The Morgan fingerprint density at radius 2 is 2.16 bits per heavy atom. The van der Waals surface area contributed by atoms with Crippen molar-refractivity contribution in [1.82, 2.24) is 10.2 Å². The molecule has 2 N–H and O–H groups in total. The Morgan fingerprint density at radius 3 is 2.68 bits per heavy atom. The minimum absolute atomic E-state index is 0.0895. The lowest BCUT2D eigenvalue weighted by Crippen LogP contribution is -2.50. The smallest absolute Gasteiger partial charge is 0.323 e. The van der Waals surface area contributed by atoms with Crippen molar-refractivity contribution < 1.29 is 23.1 Å². The maximum absolute atomic E-state index is 11.9. The molecule has 1 saturated heterocycles. The second-order valence-electron chi connectivity index (χ2n) is 4.47. The van der Waals surface area contributed by atoms with E-state index in [9.17, 15) is 18.0 Å². The molecular formula is C11H18N2O5S. The molecule has 0 aliphatic carbocycles. The van der Waals surface area contributed by atoms with Crippen LogP contribution in [0.25, 0.3) is 0 Å². The lowest BCUT2D eigenvalue weighted by atomic mass is 10.2. The van der Waals surface area contributed by atoms with Crippen LogP contribution in [0, 0.1) is 0 Å². The molecule has 8 heteroatoms. The van der Waals surface area contributed by atoms with Crippen LogP contribution in [0.1, 0.15) is 12.8 Å². The van der Waals surface area contributed by atoms with Gasteiger partial charge in [-0.05, 0) is 12.8 Å². The summed E-state index contributed by atoms with van der Waals surface area (Å²) in [5.74, 6) is -1.08. The first kappa shape index (κ1) is 15.5. The summed E-state index contributed by atoms with van der Waals surface area (Å²) in [6, 6.07) is -1.03. The monoisotopic (exact) mass is 290 g/mol. The van der Waals surface area contributed by atoms with E-state index < -0.39 is 34.4 Å². The van der Waals surface area contributed by atoms with E-state index in [2.05, 4.69) is 11.9 Å². The fourth-order valence-corrected chi connectivity index (χ4v) is 3.58. The van der Waals surface area contributed by atoms with Gasteiger partial charge in [0.25, 0.3) is 0 Å². The molecule has 1 atom stereocenters. The zero-order valence-electron chi connectivity index (χ0n) is 10.5. The first-order valence-corrected chi connectivity index (χ1v) is 7.75. The van der Waals surface area contributed by atoms with Crippen LogP contribution in [0.3, 0.4) is 0 Å². The van der Waals surface area contributed by atoms with Crippen LogP contribution in [0.5, 0.6) is 0 Å². The van der Waals surface area contributed by atoms with Crippen molar-refractivity contribution in [2.24, 2.45) is 0 Å². The van der Waals surface area contributed by atoms with Gasteiger partial charge in [0.2, 0.25) is 0 Å². The summed E-state index contributed by atoms with van der Waals surface area (Å²) in [7, 11) is -3.11. The Morgan fingerprint density at radius 1 is 1.47 bits per heavy atom. The number of urea groups is 1. The van der Waals surface area contributed by atoms with Crippen LogP contribution >= 0.6 is 0 Å². The van der Waals surface area contributed by atoms with Crippen molar-refractivity contribution in [3.8, 4) is 0 Å². The number of hydrogen-bond donors (Lipinski definition) is 2. The lowest BCUT2D eigenvalue weighted by Gasteiger charge is -2.26. The summed E-state index contributed by atoms with van der Waals surface area (Å²) in [5, 5.41) is 11.3. The molecule has 0 aromatic heterocycles. The SMILES string of the molecule is C=CCN(CC(=O)O)C(=O)NC1CCCS(=O)(=O)C1. The quantitative estimate of drug-likeness (QED) is 0.685. The number of nitrogens with one attached hydrogen (secondary N) is 1. The highest BCUT2D eigenvalue weighted by molar-refractivity contribution is 7.91. The second kappa shape index (κ2) is 6.55. The average Bonchev–Trinajstić information content (AvgIpc) is 2.26. The summed E-state index contributed by atoms with van der Waals surface area (Å²) < 4.78 is 22.9. The van der Waals surface area contributed by atoms with Crippen LogP contribution in [0.15, 0.2) is 12.7 Å². The number of nitrogens with zero attached hydrogens (tertiary/aromatic N) is 1. The van der Waals surface area contributed by atoms with Gasteiger partial charge < -0.3 is 15.3 Å². The highest BCUT2D eigenvalue weighted by atomic mass is 32.2. The van der Waals surface area contributed by atoms with E-state index in [1.54, 1.807) is 0 Å². The molecule has 7 nitrogen and oxygen atoms in total. The third-order valence-electron chi connectivity index (χ3n) is 2.75. The molecule has 0 bridgehead atoms. The van der Waals surface area contributed by atoms with Crippen molar-refractivity contribution in [2.75, 3.05) is 24.6 Å². The third-order valence-corrected chi connectivity index (χ3v) is 4.57. The number of carboxylic acids is 1. The number of amides is 2. The Labute approximate surface area is 112 Å². The molecule has 1 fully saturated rings. The number of hydrogen-bond acceptors (Lipinski definition) is 4. The topological polar surface area (TPSA) is 104 Å². The van der Waals surface area contributed by atoms with Crippen LogP contribution in [0.2, 0.25) is 0 Å². The predicted molar refractivity (Wildman–Crippen MR) is 69.6 cm³/mol. The predicted octanol–water partition coefficient (Wildman–Crippen LogP) is -0.154. The molecular weight excluding hydrogens is 272 g/mol. The summed E-state index contributed by atoms with van der Waals surface area (Å²) in [5.41, 5.74) is 0. The molecule has 0 aromatic rings. The number of rotatable bonds is 5.